The number of hydrogen-bond donors (Lipinski definition) is 2. The van der Waals surface area contributed by atoms with Crippen LogP contribution in [0.3, 0.4) is 0 Å². The van der Waals surface area contributed by atoms with E-state index in [0.29, 0.717) is 0 Å². The largest absolute Gasteiger partial charge is 0.502 e. The fourth-order valence-corrected chi connectivity index (χ4v) is 0.251. The van der Waals surface area contributed by atoms with Crippen molar-refractivity contribution in [3.8, 4) is 0 Å². The molecule has 2 N–H and O–H groups in total. The highest BCUT2D eigenvalue weighted by molar-refractivity contribution is 4.62. The van der Waals surface area contributed by atoms with Crippen molar-refractivity contribution >= 4 is 0 Å². The predicted molar refractivity (Wildman–Crippen MR) is 54.4 cm³/mol. The molecule has 0 unspecified atom stereocenters. The van der Waals surface area contributed by atoms with Crippen molar-refractivity contribution in [3.05, 3.63) is 12.8 Å². The van der Waals surface area contributed by atoms with Gasteiger partial charge in [-0.1, -0.05) is 27.4 Å². The first-order valence-corrected chi connectivity index (χ1v) is 4.48. The van der Waals surface area contributed by atoms with E-state index in [9.17, 15) is 0 Å². The third-order valence-electron chi connectivity index (χ3n) is 1.30. The molecular weight excluding hydrogens is 168 g/mol. The molecule has 80 valence electrons. The van der Waals surface area contributed by atoms with E-state index < -0.39 is 0 Å². The van der Waals surface area contributed by atoms with Crippen LogP contribution >= 0.6 is 0 Å². The van der Waals surface area contributed by atoms with Gasteiger partial charge in [-0.3, -0.25) is 0 Å². The molecule has 0 aromatic heterocycles. The second-order valence-electron chi connectivity index (χ2n) is 3.52. The average molecular weight is 190 g/mol. The minimum Gasteiger partial charge on any atom is -0.502 e. The van der Waals surface area contributed by atoms with E-state index in [1.807, 2.05) is 0 Å². The van der Waals surface area contributed by atoms with Gasteiger partial charge in [0.05, 0.1) is 26.1 Å². The van der Waals surface area contributed by atoms with Gasteiger partial charge in [-0.25, -0.2) is 0 Å². The van der Waals surface area contributed by atoms with Gasteiger partial charge in [0.25, 0.3) is 0 Å². The van der Waals surface area contributed by atoms with Gasteiger partial charge in [0.1, 0.15) is 0 Å². The zero-order chi connectivity index (χ0) is 10.7. The normalized spacial score (nSPS) is 9.92. The van der Waals surface area contributed by atoms with Gasteiger partial charge in [0.2, 0.25) is 0 Å². The molecule has 0 saturated heterocycles. The summed E-state index contributed by atoms with van der Waals surface area (Å²) in [6, 6.07) is 0. The molecule has 0 aromatic rings. The van der Waals surface area contributed by atoms with Crippen LogP contribution in [-0.2, 0) is 4.74 Å². The molecule has 0 heterocycles. The minimum absolute atomic E-state index is 0.0451. The van der Waals surface area contributed by atoms with Crippen LogP contribution in [0, 0.1) is 5.41 Å². The molecular formula is C10H22O3. The summed E-state index contributed by atoms with van der Waals surface area (Å²) >= 11 is 0. The lowest BCUT2D eigenvalue weighted by Crippen LogP contribution is -2.20. The SMILES string of the molecule is C=COCCC.CC(C)(CO)CO. The first-order chi connectivity index (χ1) is 6.04. The van der Waals surface area contributed by atoms with Gasteiger partial charge >= 0.3 is 0 Å². The number of ether oxygens (including phenoxy) is 1. The van der Waals surface area contributed by atoms with E-state index in [1.165, 1.54) is 6.26 Å². The second kappa shape index (κ2) is 9.55. The molecule has 3 nitrogen and oxygen atoms in total. The van der Waals surface area contributed by atoms with E-state index in [1.54, 1.807) is 13.8 Å². The first kappa shape index (κ1) is 15.0. The van der Waals surface area contributed by atoms with Crippen molar-refractivity contribution in [3.63, 3.8) is 0 Å². The topological polar surface area (TPSA) is 49.7 Å². The van der Waals surface area contributed by atoms with E-state index in [4.69, 9.17) is 14.9 Å². The van der Waals surface area contributed by atoms with Crippen molar-refractivity contribution in [2.45, 2.75) is 27.2 Å². The van der Waals surface area contributed by atoms with E-state index >= 15 is 0 Å². The van der Waals surface area contributed by atoms with Crippen LogP contribution in [0.25, 0.3) is 0 Å². The average Bonchev–Trinajstić information content (AvgIpc) is 2.16. The van der Waals surface area contributed by atoms with Crippen molar-refractivity contribution in [2.75, 3.05) is 19.8 Å². The van der Waals surface area contributed by atoms with Crippen molar-refractivity contribution < 1.29 is 14.9 Å². The van der Waals surface area contributed by atoms with E-state index in [0.717, 1.165) is 13.0 Å². The molecule has 0 amide bonds. The Labute approximate surface area is 81.0 Å². The molecule has 13 heavy (non-hydrogen) atoms. The van der Waals surface area contributed by atoms with Crippen LogP contribution in [0.4, 0.5) is 0 Å². The monoisotopic (exact) mass is 190 g/mol. The van der Waals surface area contributed by atoms with Crippen LogP contribution in [-0.4, -0.2) is 30.0 Å². The summed E-state index contributed by atoms with van der Waals surface area (Å²) in [4.78, 5) is 0. The molecule has 0 spiro atoms. The molecule has 0 aliphatic rings. The fraction of sp³-hybridized carbons (Fsp3) is 0.800. The molecule has 0 aliphatic carbocycles. The number of rotatable bonds is 5. The molecule has 0 radical (unpaired) electrons. The van der Waals surface area contributed by atoms with Crippen LogP contribution in [0.2, 0.25) is 0 Å². The van der Waals surface area contributed by atoms with Crippen molar-refractivity contribution in [1.82, 2.24) is 0 Å². The Bertz CT molecular complexity index is 105. The van der Waals surface area contributed by atoms with Crippen LogP contribution in [0.5, 0.6) is 0 Å². The summed E-state index contributed by atoms with van der Waals surface area (Å²) in [6.07, 6.45) is 2.52. The standard InChI is InChI=1S/C5H12O2.C5H10O/c1-5(2,3-6)4-7;1-3-5-6-4-2/h6-7H,3-4H2,1-2H3;4H,2-3,5H2,1H3. The zero-order valence-corrected chi connectivity index (χ0v) is 8.92. The first-order valence-electron chi connectivity index (χ1n) is 4.48. The van der Waals surface area contributed by atoms with E-state index in [2.05, 4.69) is 13.5 Å². The number of aliphatic hydroxyl groups excluding tert-OH is 2. The van der Waals surface area contributed by atoms with Crippen LogP contribution in [0.1, 0.15) is 27.2 Å². The third kappa shape index (κ3) is 14.3. The van der Waals surface area contributed by atoms with Gasteiger partial charge in [-0.05, 0) is 6.42 Å². The molecule has 0 bridgehead atoms. The van der Waals surface area contributed by atoms with E-state index in [-0.39, 0.29) is 18.6 Å². The minimum atomic E-state index is -0.306. The molecule has 0 aromatic carbocycles. The summed E-state index contributed by atoms with van der Waals surface area (Å²) in [5.41, 5.74) is -0.306. The Kier molecular flexibility index (Phi) is 11.0. The second-order valence-corrected chi connectivity index (χ2v) is 3.52. The fourth-order valence-electron chi connectivity index (χ4n) is 0.251. The summed E-state index contributed by atoms with van der Waals surface area (Å²) in [7, 11) is 0. The summed E-state index contributed by atoms with van der Waals surface area (Å²) in [5.74, 6) is 0. The lowest BCUT2D eigenvalue weighted by atomic mass is 9.97. The van der Waals surface area contributed by atoms with Crippen LogP contribution < -0.4 is 0 Å². The maximum atomic E-state index is 8.43. The lowest BCUT2D eigenvalue weighted by Gasteiger charge is -2.16. The van der Waals surface area contributed by atoms with Gasteiger partial charge in [0.15, 0.2) is 0 Å². The van der Waals surface area contributed by atoms with Gasteiger partial charge < -0.3 is 14.9 Å². The number of hydrogen-bond acceptors (Lipinski definition) is 3. The molecule has 0 aliphatic heterocycles. The van der Waals surface area contributed by atoms with Crippen molar-refractivity contribution in [2.24, 2.45) is 5.41 Å². The predicted octanol–water partition coefficient (Wildman–Crippen LogP) is 1.55. The highest BCUT2D eigenvalue weighted by Crippen LogP contribution is 2.10. The Balaban J connectivity index is 0. The zero-order valence-electron chi connectivity index (χ0n) is 8.92. The number of aliphatic hydroxyl groups is 2. The van der Waals surface area contributed by atoms with Gasteiger partial charge in [-0.2, -0.15) is 0 Å². The molecule has 0 atom stereocenters. The maximum absolute atomic E-state index is 8.43. The molecule has 0 fully saturated rings. The summed E-state index contributed by atoms with van der Waals surface area (Å²) in [6.45, 7) is 9.92. The summed E-state index contributed by atoms with van der Waals surface area (Å²) < 4.78 is 4.75. The van der Waals surface area contributed by atoms with Crippen molar-refractivity contribution in [1.29, 1.82) is 0 Å². The Hall–Kier alpha value is -0.540. The Morgan fingerprint density at radius 2 is 1.77 bits per heavy atom. The summed E-state index contributed by atoms with van der Waals surface area (Å²) in [5, 5.41) is 16.9. The molecule has 3 heteroatoms. The van der Waals surface area contributed by atoms with Crippen LogP contribution in [0.15, 0.2) is 12.8 Å². The third-order valence-corrected chi connectivity index (χ3v) is 1.30. The highest BCUT2D eigenvalue weighted by Gasteiger charge is 2.13. The Morgan fingerprint density at radius 1 is 1.31 bits per heavy atom. The van der Waals surface area contributed by atoms with Gasteiger partial charge in [0, 0.05) is 5.41 Å². The molecule has 0 rings (SSSR count). The van der Waals surface area contributed by atoms with Gasteiger partial charge in [-0.15, -0.1) is 0 Å². The lowest BCUT2D eigenvalue weighted by molar-refractivity contribution is 0.0857. The molecule has 0 saturated carbocycles. The highest BCUT2D eigenvalue weighted by atomic mass is 16.5. The smallest absolute Gasteiger partial charge is 0.0870 e. The quantitative estimate of drug-likeness (QED) is 0.511. The maximum Gasteiger partial charge on any atom is 0.0870 e. The Morgan fingerprint density at radius 3 is 1.85 bits per heavy atom.